The van der Waals surface area contributed by atoms with Gasteiger partial charge in [-0.05, 0) is 24.8 Å². The largest absolute Gasteiger partial charge is 0.368 e. The van der Waals surface area contributed by atoms with E-state index in [9.17, 15) is 0 Å². The van der Waals surface area contributed by atoms with E-state index in [1.165, 1.54) is 11.3 Å². The van der Waals surface area contributed by atoms with Crippen molar-refractivity contribution in [3.63, 3.8) is 0 Å². The Morgan fingerprint density at radius 3 is 2.83 bits per heavy atom. The van der Waals surface area contributed by atoms with Gasteiger partial charge in [-0.15, -0.1) is 11.3 Å². The average Bonchev–Trinajstić information content (AvgIpc) is 2.79. The van der Waals surface area contributed by atoms with Crippen LogP contribution in [0.2, 0.25) is 0 Å². The molecular weight excluding hydrogens is 244 g/mol. The number of nitrogens with zero attached hydrogens (tertiary/aromatic N) is 3. The van der Waals surface area contributed by atoms with E-state index in [4.69, 9.17) is 5.73 Å². The Kier molecular flexibility index (Phi) is 2.48. The normalized spacial score (nSPS) is 18.7. The minimum Gasteiger partial charge on any atom is -0.368 e. The summed E-state index contributed by atoms with van der Waals surface area (Å²) in [5.74, 6) is 1.39. The highest BCUT2D eigenvalue weighted by Gasteiger charge is 2.31. The maximum Gasteiger partial charge on any atom is 0.223 e. The zero-order valence-corrected chi connectivity index (χ0v) is 11.8. The highest BCUT2D eigenvalue weighted by Crippen LogP contribution is 2.37. The summed E-state index contributed by atoms with van der Waals surface area (Å²) in [6, 6.07) is 2.17. The van der Waals surface area contributed by atoms with E-state index >= 15 is 0 Å². The Balaban J connectivity index is 2.11. The second kappa shape index (κ2) is 3.82. The van der Waals surface area contributed by atoms with Crippen LogP contribution in [0, 0.1) is 12.3 Å². The Bertz CT molecular complexity index is 602. The molecule has 96 valence electrons. The molecule has 0 unspecified atom stereocenters. The van der Waals surface area contributed by atoms with Gasteiger partial charge in [-0.3, -0.25) is 0 Å². The molecule has 1 saturated heterocycles. The summed E-state index contributed by atoms with van der Waals surface area (Å²) in [6.45, 7) is 8.78. The van der Waals surface area contributed by atoms with Gasteiger partial charge in [0.2, 0.25) is 5.95 Å². The van der Waals surface area contributed by atoms with E-state index in [0.29, 0.717) is 11.4 Å². The molecule has 0 bridgehead atoms. The molecule has 18 heavy (non-hydrogen) atoms. The molecule has 3 rings (SSSR count). The van der Waals surface area contributed by atoms with Gasteiger partial charge < -0.3 is 10.6 Å². The van der Waals surface area contributed by atoms with E-state index in [1.54, 1.807) is 11.3 Å². The van der Waals surface area contributed by atoms with Crippen LogP contribution in [0.5, 0.6) is 0 Å². The molecule has 1 aliphatic rings. The highest BCUT2D eigenvalue weighted by molar-refractivity contribution is 7.18. The molecule has 0 atom stereocenters. The van der Waals surface area contributed by atoms with Crippen LogP contribution >= 0.6 is 11.3 Å². The molecule has 2 aromatic rings. The molecule has 2 aromatic heterocycles. The number of hydrogen-bond acceptors (Lipinski definition) is 5. The summed E-state index contributed by atoms with van der Waals surface area (Å²) < 4.78 is 0. The number of nitrogens with two attached hydrogens (primary N) is 1. The van der Waals surface area contributed by atoms with Gasteiger partial charge in [0.05, 0.1) is 5.39 Å². The number of anilines is 2. The predicted molar refractivity (Wildman–Crippen MR) is 77.2 cm³/mol. The van der Waals surface area contributed by atoms with Crippen LogP contribution in [0.3, 0.4) is 0 Å². The van der Waals surface area contributed by atoms with Gasteiger partial charge in [0, 0.05) is 18.0 Å². The third-order valence-corrected chi connectivity index (χ3v) is 4.43. The lowest BCUT2D eigenvalue weighted by Gasteiger charge is -2.21. The first-order chi connectivity index (χ1) is 8.44. The Hall–Kier alpha value is -1.36. The van der Waals surface area contributed by atoms with Crippen LogP contribution in [0.15, 0.2) is 6.07 Å². The Morgan fingerprint density at radius 2 is 2.17 bits per heavy atom. The maximum atomic E-state index is 5.83. The lowest BCUT2D eigenvalue weighted by Crippen LogP contribution is -2.24. The molecule has 3 heterocycles. The summed E-state index contributed by atoms with van der Waals surface area (Å²) >= 11 is 1.68. The second-order valence-electron chi connectivity index (χ2n) is 5.82. The SMILES string of the molecule is Cc1cc2c(N3CCC(C)(C)C3)nc(N)nc2s1. The van der Waals surface area contributed by atoms with Crippen molar-refractivity contribution < 1.29 is 0 Å². The van der Waals surface area contributed by atoms with Crippen LogP contribution in [-0.4, -0.2) is 23.1 Å². The van der Waals surface area contributed by atoms with Crippen molar-refractivity contribution in [2.24, 2.45) is 5.41 Å². The third-order valence-electron chi connectivity index (χ3n) is 3.49. The Labute approximate surface area is 111 Å². The first-order valence-corrected chi connectivity index (χ1v) is 7.05. The van der Waals surface area contributed by atoms with Crippen molar-refractivity contribution in [2.75, 3.05) is 23.7 Å². The summed E-state index contributed by atoms with van der Waals surface area (Å²) in [5, 5.41) is 1.14. The van der Waals surface area contributed by atoms with E-state index in [0.717, 1.165) is 29.1 Å². The van der Waals surface area contributed by atoms with E-state index < -0.39 is 0 Å². The van der Waals surface area contributed by atoms with Crippen molar-refractivity contribution >= 4 is 33.3 Å². The minimum atomic E-state index is 0.358. The van der Waals surface area contributed by atoms with Gasteiger partial charge in [-0.25, -0.2) is 4.98 Å². The van der Waals surface area contributed by atoms with Gasteiger partial charge in [0.1, 0.15) is 10.6 Å². The summed E-state index contributed by atoms with van der Waals surface area (Å²) in [4.78, 5) is 13.4. The first kappa shape index (κ1) is 11.7. The molecule has 0 saturated carbocycles. The molecule has 0 spiro atoms. The number of fused-ring (bicyclic) bond motifs is 1. The summed E-state index contributed by atoms with van der Waals surface area (Å²) in [7, 11) is 0. The molecule has 0 aliphatic carbocycles. The third kappa shape index (κ3) is 1.92. The lowest BCUT2D eigenvalue weighted by molar-refractivity contribution is 0.418. The van der Waals surface area contributed by atoms with Gasteiger partial charge in [0.15, 0.2) is 0 Å². The number of thiophene rings is 1. The molecule has 4 nitrogen and oxygen atoms in total. The van der Waals surface area contributed by atoms with Crippen LogP contribution in [0.4, 0.5) is 11.8 Å². The van der Waals surface area contributed by atoms with E-state index in [1.807, 2.05) is 0 Å². The van der Waals surface area contributed by atoms with Crippen molar-refractivity contribution in [1.29, 1.82) is 0 Å². The number of aryl methyl sites for hydroxylation is 1. The van der Waals surface area contributed by atoms with Crippen LogP contribution in [-0.2, 0) is 0 Å². The second-order valence-corrected chi connectivity index (χ2v) is 7.05. The highest BCUT2D eigenvalue weighted by atomic mass is 32.1. The summed E-state index contributed by atoms with van der Waals surface area (Å²) in [5.41, 5.74) is 6.19. The molecule has 1 fully saturated rings. The fourth-order valence-electron chi connectivity index (χ4n) is 2.58. The zero-order chi connectivity index (χ0) is 12.9. The molecule has 0 aromatic carbocycles. The molecule has 0 amide bonds. The number of hydrogen-bond donors (Lipinski definition) is 1. The zero-order valence-electron chi connectivity index (χ0n) is 11.0. The number of nitrogen functional groups attached to an aromatic ring is 1. The smallest absolute Gasteiger partial charge is 0.223 e. The standard InChI is InChI=1S/C13H18N4S/c1-8-6-9-10(15-12(14)16-11(9)18-8)17-5-4-13(2,3)7-17/h6H,4-5,7H2,1-3H3,(H2,14,15,16). The van der Waals surface area contributed by atoms with Gasteiger partial charge >= 0.3 is 0 Å². The average molecular weight is 262 g/mol. The number of rotatable bonds is 1. The maximum absolute atomic E-state index is 5.83. The monoisotopic (exact) mass is 262 g/mol. The Morgan fingerprint density at radius 1 is 1.39 bits per heavy atom. The van der Waals surface area contributed by atoms with Crippen molar-refractivity contribution in [2.45, 2.75) is 27.2 Å². The van der Waals surface area contributed by atoms with Gasteiger partial charge in [-0.1, -0.05) is 13.8 Å². The predicted octanol–water partition coefficient (Wildman–Crippen LogP) is 2.82. The molecular formula is C13H18N4S. The first-order valence-electron chi connectivity index (χ1n) is 6.23. The topological polar surface area (TPSA) is 55.0 Å². The van der Waals surface area contributed by atoms with E-state index in [2.05, 4.69) is 41.7 Å². The van der Waals surface area contributed by atoms with Crippen LogP contribution < -0.4 is 10.6 Å². The van der Waals surface area contributed by atoms with Crippen LogP contribution in [0.25, 0.3) is 10.2 Å². The van der Waals surface area contributed by atoms with Gasteiger partial charge in [-0.2, -0.15) is 4.98 Å². The van der Waals surface area contributed by atoms with Crippen molar-refractivity contribution in [3.05, 3.63) is 10.9 Å². The fourth-order valence-corrected chi connectivity index (χ4v) is 3.46. The van der Waals surface area contributed by atoms with Gasteiger partial charge in [0.25, 0.3) is 0 Å². The number of aromatic nitrogens is 2. The molecule has 5 heteroatoms. The van der Waals surface area contributed by atoms with E-state index in [-0.39, 0.29) is 0 Å². The van der Waals surface area contributed by atoms with Crippen LogP contribution in [0.1, 0.15) is 25.1 Å². The molecule has 1 aliphatic heterocycles. The fraction of sp³-hybridized carbons (Fsp3) is 0.538. The lowest BCUT2D eigenvalue weighted by atomic mass is 9.93. The summed E-state index contributed by atoms with van der Waals surface area (Å²) in [6.07, 6.45) is 1.20. The molecule has 2 N–H and O–H groups in total. The quantitative estimate of drug-likeness (QED) is 0.858. The van der Waals surface area contributed by atoms with Crippen molar-refractivity contribution in [3.8, 4) is 0 Å². The minimum absolute atomic E-state index is 0.358. The van der Waals surface area contributed by atoms with Crippen molar-refractivity contribution in [1.82, 2.24) is 9.97 Å². The molecule has 0 radical (unpaired) electrons.